The summed E-state index contributed by atoms with van der Waals surface area (Å²) >= 11 is 14.1. The molecule has 3 nitrogen and oxygen atoms in total. The molecule has 136 valence electrons. The number of fused-ring (bicyclic) bond motifs is 1. The lowest BCUT2D eigenvalue weighted by Crippen LogP contribution is -1.96. The molecule has 0 amide bonds. The van der Waals surface area contributed by atoms with Crippen molar-refractivity contribution in [1.82, 2.24) is 9.97 Å². The van der Waals surface area contributed by atoms with Crippen LogP contribution in [0.15, 0.2) is 42.7 Å². The van der Waals surface area contributed by atoms with Crippen LogP contribution in [-0.4, -0.2) is 9.97 Å². The van der Waals surface area contributed by atoms with E-state index in [-0.39, 0.29) is 0 Å². The normalized spacial score (nSPS) is 11.1. The fourth-order valence-electron chi connectivity index (χ4n) is 3.10. The second-order valence-electron chi connectivity index (χ2n) is 6.48. The first kappa shape index (κ1) is 18.2. The number of aromatic nitrogens is 2. The maximum absolute atomic E-state index is 6.34. The fraction of sp³-hybridized carbons (Fsp3) is 0.143. The van der Waals surface area contributed by atoms with Crippen LogP contribution in [0, 0.1) is 20.8 Å². The molecule has 0 aliphatic carbocycles. The lowest BCUT2D eigenvalue weighted by atomic mass is 9.99. The third kappa shape index (κ3) is 3.41. The SMILES string of the molecule is Cc1ccc(-c2c(C)sc3ncnc(Nc4cc(Cl)ccc4Cl)c23)cc1C. The van der Waals surface area contributed by atoms with Gasteiger partial charge in [-0.3, -0.25) is 0 Å². The van der Waals surface area contributed by atoms with Crippen molar-refractivity contribution in [2.24, 2.45) is 0 Å². The number of hydrogen-bond donors (Lipinski definition) is 1. The van der Waals surface area contributed by atoms with Crippen molar-refractivity contribution in [3.8, 4) is 11.1 Å². The van der Waals surface area contributed by atoms with Gasteiger partial charge in [-0.05, 0) is 55.7 Å². The largest absolute Gasteiger partial charge is 0.338 e. The topological polar surface area (TPSA) is 37.8 Å². The van der Waals surface area contributed by atoms with Crippen molar-refractivity contribution in [3.63, 3.8) is 0 Å². The van der Waals surface area contributed by atoms with Crippen LogP contribution < -0.4 is 5.32 Å². The quantitative estimate of drug-likeness (QED) is 0.381. The van der Waals surface area contributed by atoms with Crippen LogP contribution in [0.2, 0.25) is 10.0 Å². The molecule has 0 aliphatic heterocycles. The van der Waals surface area contributed by atoms with E-state index in [9.17, 15) is 0 Å². The third-order valence-electron chi connectivity index (χ3n) is 4.64. The Kier molecular flexibility index (Phi) is 4.81. The van der Waals surface area contributed by atoms with Gasteiger partial charge in [-0.25, -0.2) is 9.97 Å². The van der Waals surface area contributed by atoms with Gasteiger partial charge >= 0.3 is 0 Å². The second-order valence-corrected chi connectivity index (χ2v) is 8.53. The minimum absolute atomic E-state index is 0.589. The predicted octanol–water partition coefficient (Wildman–Crippen LogP) is 7.33. The number of rotatable bonds is 3. The smallest absolute Gasteiger partial charge is 0.143 e. The summed E-state index contributed by atoms with van der Waals surface area (Å²) in [5.74, 6) is 0.724. The standard InChI is InChI=1S/C21H17Cl2N3S/c1-11-4-5-14(8-12(11)2)18-13(3)27-21-19(18)20(24-10-25-21)26-17-9-15(22)6-7-16(17)23/h4-10H,1-3H3,(H,24,25,26). The zero-order valence-corrected chi connectivity index (χ0v) is 17.4. The van der Waals surface area contributed by atoms with E-state index in [0.29, 0.717) is 10.0 Å². The molecule has 4 rings (SSSR count). The van der Waals surface area contributed by atoms with Crippen LogP contribution in [-0.2, 0) is 0 Å². The summed E-state index contributed by atoms with van der Waals surface area (Å²) in [5, 5.41) is 5.55. The Hall–Kier alpha value is -2.14. The number of benzene rings is 2. The molecule has 27 heavy (non-hydrogen) atoms. The molecule has 0 atom stereocenters. The first-order chi connectivity index (χ1) is 12.9. The fourth-order valence-corrected chi connectivity index (χ4v) is 4.45. The molecule has 0 saturated heterocycles. The van der Waals surface area contributed by atoms with Crippen molar-refractivity contribution in [2.45, 2.75) is 20.8 Å². The molecule has 0 spiro atoms. The van der Waals surface area contributed by atoms with Crippen LogP contribution in [0.25, 0.3) is 21.3 Å². The number of thiophene rings is 1. The van der Waals surface area contributed by atoms with E-state index in [1.54, 1.807) is 35.9 Å². The Bertz CT molecular complexity index is 1170. The minimum atomic E-state index is 0.589. The van der Waals surface area contributed by atoms with Gasteiger partial charge in [-0.15, -0.1) is 11.3 Å². The first-order valence-electron chi connectivity index (χ1n) is 8.48. The van der Waals surface area contributed by atoms with Gasteiger partial charge in [0.05, 0.1) is 16.1 Å². The van der Waals surface area contributed by atoms with Gasteiger partial charge in [0, 0.05) is 15.5 Å². The number of halogens is 2. The number of nitrogens with one attached hydrogen (secondary N) is 1. The highest BCUT2D eigenvalue weighted by molar-refractivity contribution is 7.19. The highest BCUT2D eigenvalue weighted by Crippen LogP contribution is 2.42. The van der Waals surface area contributed by atoms with E-state index in [2.05, 4.69) is 54.3 Å². The molecular weight excluding hydrogens is 397 g/mol. The average molecular weight is 414 g/mol. The molecule has 2 aromatic heterocycles. The Morgan fingerprint density at radius 1 is 0.926 bits per heavy atom. The Morgan fingerprint density at radius 2 is 1.74 bits per heavy atom. The summed E-state index contributed by atoms with van der Waals surface area (Å²) in [6, 6.07) is 11.9. The van der Waals surface area contributed by atoms with E-state index in [4.69, 9.17) is 23.2 Å². The zero-order chi connectivity index (χ0) is 19.1. The highest BCUT2D eigenvalue weighted by Gasteiger charge is 2.18. The lowest BCUT2D eigenvalue weighted by Gasteiger charge is -2.11. The maximum atomic E-state index is 6.34. The molecule has 2 aromatic carbocycles. The summed E-state index contributed by atoms with van der Waals surface area (Å²) in [4.78, 5) is 11.1. The average Bonchev–Trinajstić information content (AvgIpc) is 2.97. The van der Waals surface area contributed by atoms with E-state index in [1.807, 2.05) is 0 Å². The molecule has 0 bridgehead atoms. The minimum Gasteiger partial charge on any atom is -0.338 e. The Labute approximate surface area is 172 Å². The number of hydrogen-bond acceptors (Lipinski definition) is 4. The van der Waals surface area contributed by atoms with Gasteiger partial charge < -0.3 is 5.32 Å². The van der Waals surface area contributed by atoms with Crippen molar-refractivity contribution >= 4 is 56.3 Å². The molecule has 1 N–H and O–H groups in total. The number of aryl methyl sites for hydroxylation is 3. The Balaban J connectivity index is 1.92. The van der Waals surface area contributed by atoms with E-state index < -0.39 is 0 Å². The third-order valence-corrected chi connectivity index (χ3v) is 6.22. The molecule has 0 unspecified atom stereocenters. The highest BCUT2D eigenvalue weighted by atomic mass is 35.5. The van der Waals surface area contributed by atoms with Gasteiger partial charge in [0.2, 0.25) is 0 Å². The second kappa shape index (κ2) is 7.12. The molecular formula is C21H17Cl2N3S. The van der Waals surface area contributed by atoms with Crippen molar-refractivity contribution in [3.05, 3.63) is 68.8 Å². The molecule has 2 heterocycles. The van der Waals surface area contributed by atoms with E-state index >= 15 is 0 Å². The van der Waals surface area contributed by atoms with Crippen molar-refractivity contribution in [1.29, 1.82) is 0 Å². The summed E-state index contributed by atoms with van der Waals surface area (Å²) in [6.45, 7) is 6.37. The van der Waals surface area contributed by atoms with Gasteiger partial charge in [0.15, 0.2) is 0 Å². The number of nitrogens with zero attached hydrogens (tertiary/aromatic N) is 2. The van der Waals surface area contributed by atoms with Gasteiger partial charge in [-0.2, -0.15) is 0 Å². The summed E-state index contributed by atoms with van der Waals surface area (Å²) in [6.07, 6.45) is 1.57. The van der Waals surface area contributed by atoms with Crippen molar-refractivity contribution < 1.29 is 0 Å². The summed E-state index contributed by atoms with van der Waals surface area (Å²) in [7, 11) is 0. The molecule has 0 saturated carbocycles. The molecule has 0 radical (unpaired) electrons. The first-order valence-corrected chi connectivity index (χ1v) is 10.0. The predicted molar refractivity (Wildman–Crippen MR) is 117 cm³/mol. The van der Waals surface area contributed by atoms with Crippen LogP contribution in [0.5, 0.6) is 0 Å². The maximum Gasteiger partial charge on any atom is 0.143 e. The lowest BCUT2D eigenvalue weighted by molar-refractivity contribution is 1.23. The number of anilines is 2. The van der Waals surface area contributed by atoms with Gasteiger partial charge in [0.25, 0.3) is 0 Å². The van der Waals surface area contributed by atoms with Gasteiger partial charge in [0.1, 0.15) is 17.0 Å². The molecule has 0 fully saturated rings. The molecule has 6 heteroatoms. The monoisotopic (exact) mass is 413 g/mol. The van der Waals surface area contributed by atoms with Crippen LogP contribution in [0.3, 0.4) is 0 Å². The summed E-state index contributed by atoms with van der Waals surface area (Å²) in [5.41, 5.74) is 5.57. The van der Waals surface area contributed by atoms with Crippen LogP contribution >= 0.6 is 34.5 Å². The molecule has 0 aliphatic rings. The Morgan fingerprint density at radius 3 is 2.52 bits per heavy atom. The van der Waals surface area contributed by atoms with Crippen molar-refractivity contribution in [2.75, 3.05) is 5.32 Å². The van der Waals surface area contributed by atoms with Gasteiger partial charge in [-0.1, -0.05) is 41.4 Å². The summed E-state index contributed by atoms with van der Waals surface area (Å²) < 4.78 is 0. The van der Waals surface area contributed by atoms with E-state index in [0.717, 1.165) is 32.8 Å². The van der Waals surface area contributed by atoms with Crippen LogP contribution in [0.1, 0.15) is 16.0 Å². The molecule has 4 aromatic rings. The zero-order valence-electron chi connectivity index (χ0n) is 15.1. The van der Waals surface area contributed by atoms with Crippen LogP contribution in [0.4, 0.5) is 11.5 Å². The van der Waals surface area contributed by atoms with E-state index in [1.165, 1.54) is 16.0 Å².